The lowest BCUT2D eigenvalue weighted by Gasteiger charge is -2.23. The van der Waals surface area contributed by atoms with Crippen molar-refractivity contribution in [2.45, 2.75) is 25.8 Å². The molecule has 0 N–H and O–H groups in total. The van der Waals surface area contributed by atoms with E-state index in [1.54, 1.807) is 24.0 Å². The van der Waals surface area contributed by atoms with Crippen LogP contribution < -0.4 is 0 Å². The summed E-state index contributed by atoms with van der Waals surface area (Å²) < 4.78 is 0. The zero-order valence-electron chi connectivity index (χ0n) is 10.6. The minimum absolute atomic E-state index is 0.0762. The number of halogens is 1. The molecule has 102 valence electrons. The standard InChI is InChI=1S/C13H15BrN2O3/c1-9-4-2-6-11(12(9)16(18)19)13(17)15-7-3-5-10(15)8-14/h2,4,6,10H,3,5,7-8H2,1H3. The number of likely N-dealkylation sites (tertiary alicyclic amines) is 1. The van der Waals surface area contributed by atoms with Crippen LogP contribution in [0, 0.1) is 17.0 Å². The van der Waals surface area contributed by atoms with Gasteiger partial charge in [0, 0.05) is 23.5 Å². The Kier molecular flexibility index (Phi) is 4.19. The first-order chi connectivity index (χ1) is 9.06. The van der Waals surface area contributed by atoms with Crippen molar-refractivity contribution < 1.29 is 9.72 Å². The van der Waals surface area contributed by atoms with Gasteiger partial charge in [-0.15, -0.1) is 0 Å². The van der Waals surface area contributed by atoms with Crippen LogP contribution in [0.4, 0.5) is 5.69 Å². The quantitative estimate of drug-likeness (QED) is 0.487. The third kappa shape index (κ3) is 2.63. The summed E-state index contributed by atoms with van der Waals surface area (Å²) in [6.07, 6.45) is 1.89. The summed E-state index contributed by atoms with van der Waals surface area (Å²) in [5.41, 5.74) is 0.635. The lowest BCUT2D eigenvalue weighted by atomic mass is 10.1. The first kappa shape index (κ1) is 14.0. The van der Waals surface area contributed by atoms with E-state index >= 15 is 0 Å². The fourth-order valence-corrected chi connectivity index (χ4v) is 3.17. The molecule has 1 aromatic rings. The van der Waals surface area contributed by atoms with Gasteiger partial charge in [-0.3, -0.25) is 14.9 Å². The Morgan fingerprint density at radius 2 is 2.32 bits per heavy atom. The van der Waals surface area contributed by atoms with Gasteiger partial charge in [0.05, 0.1) is 4.92 Å². The SMILES string of the molecule is Cc1cccc(C(=O)N2CCCC2CBr)c1[N+](=O)[O-]. The molecule has 5 nitrogen and oxygen atoms in total. The molecule has 1 aromatic carbocycles. The monoisotopic (exact) mass is 326 g/mol. The first-order valence-corrected chi connectivity index (χ1v) is 7.29. The Morgan fingerprint density at radius 1 is 1.58 bits per heavy atom. The van der Waals surface area contributed by atoms with E-state index in [1.165, 1.54) is 6.07 Å². The van der Waals surface area contributed by atoms with Crippen LogP contribution in [0.25, 0.3) is 0 Å². The van der Waals surface area contributed by atoms with E-state index in [2.05, 4.69) is 15.9 Å². The molecule has 1 saturated heterocycles. The number of nitro groups is 1. The molecular formula is C13H15BrN2O3. The number of para-hydroxylation sites is 1. The molecular weight excluding hydrogens is 312 g/mol. The Hall–Kier alpha value is -1.43. The predicted octanol–water partition coefficient (Wildman–Crippen LogP) is 2.90. The van der Waals surface area contributed by atoms with E-state index in [0.717, 1.165) is 12.8 Å². The highest BCUT2D eigenvalue weighted by Gasteiger charge is 2.32. The first-order valence-electron chi connectivity index (χ1n) is 6.17. The summed E-state index contributed by atoms with van der Waals surface area (Å²) in [7, 11) is 0. The second-order valence-corrected chi connectivity index (χ2v) is 5.32. The van der Waals surface area contributed by atoms with Crippen molar-refractivity contribution >= 4 is 27.5 Å². The largest absolute Gasteiger partial charge is 0.335 e. The topological polar surface area (TPSA) is 63.5 Å². The van der Waals surface area contributed by atoms with Gasteiger partial charge in [-0.25, -0.2) is 0 Å². The van der Waals surface area contributed by atoms with E-state index in [-0.39, 0.29) is 23.2 Å². The van der Waals surface area contributed by atoms with Crippen molar-refractivity contribution in [1.82, 2.24) is 4.90 Å². The van der Waals surface area contributed by atoms with Crippen LogP contribution in [0.15, 0.2) is 18.2 Å². The molecule has 0 spiro atoms. The molecule has 6 heteroatoms. The second kappa shape index (κ2) is 5.69. The molecule has 1 heterocycles. The molecule has 0 bridgehead atoms. The lowest BCUT2D eigenvalue weighted by molar-refractivity contribution is -0.385. The molecule has 1 aliphatic heterocycles. The molecule has 0 radical (unpaired) electrons. The molecule has 1 amide bonds. The van der Waals surface area contributed by atoms with Crippen molar-refractivity contribution in [2.24, 2.45) is 0 Å². The van der Waals surface area contributed by atoms with Gasteiger partial charge in [0.1, 0.15) is 5.56 Å². The van der Waals surface area contributed by atoms with Gasteiger partial charge in [0.25, 0.3) is 11.6 Å². The smallest absolute Gasteiger partial charge is 0.285 e. The summed E-state index contributed by atoms with van der Waals surface area (Å²) in [4.78, 5) is 24.9. The van der Waals surface area contributed by atoms with Gasteiger partial charge < -0.3 is 4.90 Å². The number of amides is 1. The van der Waals surface area contributed by atoms with Crippen LogP contribution in [-0.4, -0.2) is 33.6 Å². The van der Waals surface area contributed by atoms with Crippen molar-refractivity contribution in [1.29, 1.82) is 0 Å². The third-order valence-corrected chi connectivity index (χ3v) is 4.21. The van der Waals surface area contributed by atoms with Gasteiger partial charge in [0.2, 0.25) is 0 Å². The molecule has 2 rings (SSSR count). The zero-order chi connectivity index (χ0) is 14.0. The number of benzene rings is 1. The summed E-state index contributed by atoms with van der Waals surface area (Å²) in [6.45, 7) is 2.32. The highest BCUT2D eigenvalue weighted by molar-refractivity contribution is 9.09. The maximum absolute atomic E-state index is 12.5. The van der Waals surface area contributed by atoms with Crippen molar-refractivity contribution in [2.75, 3.05) is 11.9 Å². The number of carbonyl (C=O) groups excluding carboxylic acids is 1. The summed E-state index contributed by atoms with van der Waals surface area (Å²) in [6, 6.07) is 5.01. The maximum atomic E-state index is 12.5. The number of hydrogen-bond acceptors (Lipinski definition) is 3. The minimum Gasteiger partial charge on any atom is -0.335 e. The van der Waals surface area contributed by atoms with E-state index in [1.807, 2.05) is 0 Å². The van der Waals surface area contributed by atoms with Gasteiger partial charge in [-0.05, 0) is 25.8 Å². The Morgan fingerprint density at radius 3 is 2.95 bits per heavy atom. The zero-order valence-corrected chi connectivity index (χ0v) is 12.2. The van der Waals surface area contributed by atoms with E-state index < -0.39 is 4.92 Å². The molecule has 0 aliphatic carbocycles. The average Bonchev–Trinajstić information content (AvgIpc) is 2.85. The van der Waals surface area contributed by atoms with Crippen LogP contribution in [0.2, 0.25) is 0 Å². The summed E-state index contributed by atoms with van der Waals surface area (Å²) in [5.74, 6) is -0.239. The molecule has 0 saturated carbocycles. The van der Waals surface area contributed by atoms with E-state index in [0.29, 0.717) is 17.4 Å². The average molecular weight is 327 g/mol. The third-order valence-electron chi connectivity index (χ3n) is 3.47. The number of rotatable bonds is 3. The van der Waals surface area contributed by atoms with Crippen LogP contribution in [-0.2, 0) is 0 Å². The lowest BCUT2D eigenvalue weighted by Crippen LogP contribution is -2.36. The van der Waals surface area contributed by atoms with Crippen molar-refractivity contribution in [3.05, 3.63) is 39.4 Å². The molecule has 1 fully saturated rings. The molecule has 19 heavy (non-hydrogen) atoms. The Balaban J connectivity index is 2.39. The summed E-state index contributed by atoms with van der Waals surface area (Å²) >= 11 is 3.39. The van der Waals surface area contributed by atoms with Gasteiger partial charge in [-0.2, -0.15) is 0 Å². The highest BCUT2D eigenvalue weighted by Crippen LogP contribution is 2.28. The van der Waals surface area contributed by atoms with Crippen molar-refractivity contribution in [3.8, 4) is 0 Å². The normalized spacial score (nSPS) is 18.6. The number of hydrogen-bond donors (Lipinski definition) is 0. The molecule has 1 unspecified atom stereocenters. The maximum Gasteiger partial charge on any atom is 0.285 e. The van der Waals surface area contributed by atoms with Gasteiger partial charge in [0.15, 0.2) is 0 Å². The number of alkyl halides is 1. The number of nitro benzene ring substituents is 1. The Labute approximate surface area is 119 Å². The molecule has 0 aromatic heterocycles. The van der Waals surface area contributed by atoms with Crippen LogP contribution in [0.3, 0.4) is 0 Å². The van der Waals surface area contributed by atoms with E-state index in [4.69, 9.17) is 0 Å². The predicted molar refractivity (Wildman–Crippen MR) is 75.7 cm³/mol. The van der Waals surface area contributed by atoms with Crippen LogP contribution >= 0.6 is 15.9 Å². The summed E-state index contributed by atoms with van der Waals surface area (Å²) in [5, 5.41) is 11.8. The van der Waals surface area contributed by atoms with Gasteiger partial charge >= 0.3 is 0 Å². The van der Waals surface area contributed by atoms with E-state index in [9.17, 15) is 14.9 Å². The fraction of sp³-hybridized carbons (Fsp3) is 0.462. The second-order valence-electron chi connectivity index (χ2n) is 4.68. The van der Waals surface area contributed by atoms with Crippen LogP contribution in [0.1, 0.15) is 28.8 Å². The van der Waals surface area contributed by atoms with Crippen LogP contribution in [0.5, 0.6) is 0 Å². The number of carbonyl (C=O) groups is 1. The van der Waals surface area contributed by atoms with Gasteiger partial charge in [-0.1, -0.05) is 28.1 Å². The molecule has 1 atom stereocenters. The number of aryl methyl sites for hydroxylation is 1. The number of nitrogens with zero attached hydrogens (tertiary/aromatic N) is 2. The minimum atomic E-state index is -0.470. The van der Waals surface area contributed by atoms with Crippen molar-refractivity contribution in [3.63, 3.8) is 0 Å². The highest BCUT2D eigenvalue weighted by atomic mass is 79.9. The fourth-order valence-electron chi connectivity index (χ4n) is 2.49. The Bertz CT molecular complexity index is 519. The molecule has 1 aliphatic rings.